The Bertz CT molecular complexity index is 663. The highest BCUT2D eigenvalue weighted by Gasteiger charge is 2.16. The van der Waals surface area contributed by atoms with Gasteiger partial charge in [0.25, 0.3) is 0 Å². The summed E-state index contributed by atoms with van der Waals surface area (Å²) in [5, 5.41) is 9.48. The van der Waals surface area contributed by atoms with E-state index < -0.39 is 0 Å². The number of hydrogen-bond donors (Lipinski definition) is 0. The number of halogens is 1. The molecule has 0 heterocycles. The van der Waals surface area contributed by atoms with Crippen molar-refractivity contribution < 1.29 is 9.13 Å². The van der Waals surface area contributed by atoms with Crippen LogP contribution in [0.3, 0.4) is 0 Å². The first-order valence-corrected chi connectivity index (χ1v) is 7.37. The van der Waals surface area contributed by atoms with E-state index in [-0.39, 0.29) is 11.7 Å². The molecule has 114 valence electrons. The molecule has 2 nitrogen and oxygen atoms in total. The van der Waals surface area contributed by atoms with Gasteiger partial charge >= 0.3 is 0 Å². The average molecular weight is 297 g/mol. The smallest absolute Gasteiger partial charge is 0.123 e. The molecular weight excluding hydrogens is 277 g/mol. The molecule has 0 aliphatic rings. The van der Waals surface area contributed by atoms with Crippen molar-refractivity contribution in [2.75, 3.05) is 6.61 Å². The normalized spacial score (nSPS) is 11.8. The Morgan fingerprint density at radius 3 is 2.23 bits per heavy atom. The Hall–Kier alpha value is -2.34. The van der Waals surface area contributed by atoms with Gasteiger partial charge in [-0.05, 0) is 61.7 Å². The number of aryl methyl sites for hydroxylation is 3. The van der Waals surface area contributed by atoms with Crippen molar-refractivity contribution in [2.24, 2.45) is 0 Å². The number of benzene rings is 2. The molecule has 2 aromatic carbocycles. The summed E-state index contributed by atoms with van der Waals surface area (Å²) in [6.45, 7) is 6.57. The predicted molar refractivity (Wildman–Crippen MR) is 85.5 cm³/mol. The first kappa shape index (κ1) is 16.0. The van der Waals surface area contributed by atoms with Crippen molar-refractivity contribution in [1.29, 1.82) is 5.26 Å². The van der Waals surface area contributed by atoms with Crippen LogP contribution in [0.2, 0.25) is 0 Å². The molecule has 22 heavy (non-hydrogen) atoms. The number of rotatable bonds is 5. The Kier molecular flexibility index (Phi) is 5.16. The minimum atomic E-state index is -0.284. The van der Waals surface area contributed by atoms with Crippen LogP contribution in [0.5, 0.6) is 5.75 Å². The van der Waals surface area contributed by atoms with Crippen LogP contribution < -0.4 is 4.74 Å². The van der Waals surface area contributed by atoms with Crippen LogP contribution in [-0.4, -0.2) is 6.61 Å². The van der Waals surface area contributed by atoms with E-state index >= 15 is 0 Å². The van der Waals surface area contributed by atoms with Gasteiger partial charge < -0.3 is 4.74 Å². The molecule has 0 amide bonds. The van der Waals surface area contributed by atoms with Crippen LogP contribution in [0.4, 0.5) is 4.39 Å². The van der Waals surface area contributed by atoms with Crippen molar-refractivity contribution in [2.45, 2.75) is 33.1 Å². The summed E-state index contributed by atoms with van der Waals surface area (Å²) < 4.78 is 18.4. The molecule has 0 radical (unpaired) electrons. The summed E-state index contributed by atoms with van der Waals surface area (Å²) >= 11 is 0. The number of nitrogens with zero attached hydrogens (tertiary/aromatic N) is 1. The Morgan fingerprint density at radius 2 is 1.68 bits per heavy atom. The molecule has 0 aliphatic carbocycles. The van der Waals surface area contributed by atoms with Gasteiger partial charge in [0.1, 0.15) is 11.6 Å². The van der Waals surface area contributed by atoms with E-state index in [2.05, 4.69) is 25.1 Å². The molecule has 0 bridgehead atoms. The predicted octanol–water partition coefficient (Wildman–Crippen LogP) is 4.83. The minimum Gasteiger partial charge on any atom is -0.494 e. The fourth-order valence-electron chi connectivity index (χ4n) is 2.84. The maximum absolute atomic E-state index is 12.8. The van der Waals surface area contributed by atoms with Gasteiger partial charge in [-0.15, -0.1) is 0 Å². The van der Waals surface area contributed by atoms with Crippen LogP contribution in [0.1, 0.15) is 34.6 Å². The third-order valence-electron chi connectivity index (χ3n) is 3.73. The standard InChI is InChI=1S/C19H20FNO/c1-13-10-14(2)19(15(3)11-13)16(12-21)8-9-22-18-6-4-17(20)5-7-18/h4-7,10-11,16H,8-9H2,1-3H3. The highest BCUT2D eigenvalue weighted by Crippen LogP contribution is 2.27. The monoisotopic (exact) mass is 297 g/mol. The molecule has 0 saturated heterocycles. The largest absolute Gasteiger partial charge is 0.494 e. The number of ether oxygens (including phenoxy) is 1. The zero-order valence-corrected chi connectivity index (χ0v) is 13.2. The third kappa shape index (κ3) is 3.85. The van der Waals surface area contributed by atoms with E-state index in [4.69, 9.17) is 4.74 Å². The minimum absolute atomic E-state index is 0.193. The lowest BCUT2D eigenvalue weighted by atomic mass is 9.88. The average Bonchev–Trinajstić information content (AvgIpc) is 2.46. The highest BCUT2D eigenvalue weighted by atomic mass is 19.1. The van der Waals surface area contributed by atoms with Crippen molar-refractivity contribution in [1.82, 2.24) is 0 Å². The molecule has 3 heteroatoms. The molecule has 0 aliphatic heterocycles. The van der Waals surface area contributed by atoms with Gasteiger partial charge in [-0.3, -0.25) is 0 Å². The van der Waals surface area contributed by atoms with Gasteiger partial charge in [0, 0.05) is 6.42 Å². The van der Waals surface area contributed by atoms with E-state index in [1.54, 1.807) is 12.1 Å². The Morgan fingerprint density at radius 1 is 1.09 bits per heavy atom. The second kappa shape index (κ2) is 7.09. The van der Waals surface area contributed by atoms with Crippen molar-refractivity contribution >= 4 is 0 Å². The molecule has 1 atom stereocenters. The van der Waals surface area contributed by atoms with Crippen LogP contribution in [-0.2, 0) is 0 Å². The van der Waals surface area contributed by atoms with Gasteiger partial charge in [-0.1, -0.05) is 17.7 Å². The van der Waals surface area contributed by atoms with Gasteiger partial charge in [-0.2, -0.15) is 5.26 Å². The van der Waals surface area contributed by atoms with Gasteiger partial charge in [0.2, 0.25) is 0 Å². The van der Waals surface area contributed by atoms with Gasteiger partial charge in [0.05, 0.1) is 18.6 Å². The molecule has 2 aromatic rings. The van der Waals surface area contributed by atoms with E-state index in [0.29, 0.717) is 18.8 Å². The Balaban J connectivity index is 2.04. The van der Waals surface area contributed by atoms with E-state index in [1.165, 1.54) is 17.7 Å². The van der Waals surface area contributed by atoms with Gasteiger partial charge in [-0.25, -0.2) is 4.39 Å². The topological polar surface area (TPSA) is 33.0 Å². The lowest BCUT2D eigenvalue weighted by molar-refractivity contribution is 0.305. The van der Waals surface area contributed by atoms with E-state index in [1.807, 2.05) is 13.8 Å². The molecular formula is C19H20FNO. The third-order valence-corrected chi connectivity index (χ3v) is 3.73. The van der Waals surface area contributed by atoms with Crippen LogP contribution in [0, 0.1) is 37.9 Å². The van der Waals surface area contributed by atoms with Crippen molar-refractivity contribution in [3.05, 3.63) is 64.5 Å². The molecule has 0 spiro atoms. The maximum atomic E-state index is 12.8. The number of nitriles is 1. The summed E-state index contributed by atoms with van der Waals surface area (Å²) in [6, 6.07) is 12.5. The summed E-state index contributed by atoms with van der Waals surface area (Å²) in [6.07, 6.45) is 0.610. The van der Waals surface area contributed by atoms with E-state index in [9.17, 15) is 9.65 Å². The first-order chi connectivity index (χ1) is 10.5. The zero-order chi connectivity index (χ0) is 16.1. The Labute approximate surface area is 131 Å². The number of hydrogen-bond acceptors (Lipinski definition) is 2. The zero-order valence-electron chi connectivity index (χ0n) is 13.2. The van der Waals surface area contributed by atoms with E-state index in [0.717, 1.165) is 16.7 Å². The van der Waals surface area contributed by atoms with Gasteiger partial charge in [0.15, 0.2) is 0 Å². The second-order valence-corrected chi connectivity index (χ2v) is 5.59. The lowest BCUT2D eigenvalue weighted by Crippen LogP contribution is -2.08. The van der Waals surface area contributed by atoms with Crippen LogP contribution in [0.25, 0.3) is 0 Å². The maximum Gasteiger partial charge on any atom is 0.123 e. The summed E-state index contributed by atoms with van der Waals surface area (Å²) in [5.74, 6) is 0.143. The highest BCUT2D eigenvalue weighted by molar-refractivity contribution is 5.42. The SMILES string of the molecule is Cc1cc(C)c(C(C#N)CCOc2ccc(F)cc2)c(C)c1. The molecule has 0 N–H and O–H groups in total. The molecule has 2 rings (SSSR count). The summed E-state index contributed by atoms with van der Waals surface area (Å²) in [5.41, 5.74) is 4.59. The first-order valence-electron chi connectivity index (χ1n) is 7.37. The molecule has 0 fully saturated rings. The molecule has 1 unspecified atom stereocenters. The van der Waals surface area contributed by atoms with Crippen LogP contribution >= 0.6 is 0 Å². The summed E-state index contributed by atoms with van der Waals surface area (Å²) in [7, 11) is 0. The molecule has 0 aromatic heterocycles. The van der Waals surface area contributed by atoms with Crippen molar-refractivity contribution in [3.8, 4) is 11.8 Å². The molecule has 0 saturated carbocycles. The fourth-order valence-corrected chi connectivity index (χ4v) is 2.84. The summed E-state index contributed by atoms with van der Waals surface area (Å²) in [4.78, 5) is 0. The second-order valence-electron chi connectivity index (χ2n) is 5.59. The fraction of sp³-hybridized carbons (Fsp3) is 0.316. The van der Waals surface area contributed by atoms with Crippen molar-refractivity contribution in [3.63, 3.8) is 0 Å². The van der Waals surface area contributed by atoms with Crippen LogP contribution in [0.15, 0.2) is 36.4 Å². The lowest BCUT2D eigenvalue weighted by Gasteiger charge is -2.17. The quantitative estimate of drug-likeness (QED) is 0.792.